The summed E-state index contributed by atoms with van der Waals surface area (Å²) in [6.45, 7) is 3.35. The third kappa shape index (κ3) is 3.95. The first-order chi connectivity index (χ1) is 5.00. The Bertz CT molecular complexity index is 130. The van der Waals surface area contributed by atoms with Crippen molar-refractivity contribution in [1.29, 1.82) is 0 Å². The Labute approximate surface area is 65.8 Å². The molecule has 0 spiro atoms. The summed E-state index contributed by atoms with van der Waals surface area (Å²) >= 11 is 0. The molecule has 4 heteroatoms. The van der Waals surface area contributed by atoms with Crippen LogP contribution >= 0.6 is 0 Å². The smallest absolute Gasteiger partial charge is 0.363 e. The maximum atomic E-state index is 10.2. The largest absolute Gasteiger partial charge is 0.477 e. The van der Waals surface area contributed by atoms with Gasteiger partial charge in [0.05, 0.1) is 6.61 Å². The Morgan fingerprint density at radius 1 is 1.64 bits per heavy atom. The summed E-state index contributed by atoms with van der Waals surface area (Å²) in [6, 6.07) is 0. The molecule has 11 heavy (non-hydrogen) atoms. The molecule has 0 heterocycles. The molecule has 0 aromatic heterocycles. The van der Waals surface area contributed by atoms with Crippen LogP contribution in [0.15, 0.2) is 0 Å². The van der Waals surface area contributed by atoms with Crippen LogP contribution in [0.5, 0.6) is 0 Å². The van der Waals surface area contributed by atoms with Gasteiger partial charge in [0.1, 0.15) is 0 Å². The summed E-state index contributed by atoms with van der Waals surface area (Å²) in [6.07, 6.45) is 1.67. The molecule has 2 N–H and O–H groups in total. The van der Waals surface area contributed by atoms with E-state index in [-0.39, 0.29) is 6.61 Å². The Balaban J connectivity index is 3.64. The van der Waals surface area contributed by atoms with Gasteiger partial charge in [0.2, 0.25) is 0 Å². The normalized spacial score (nSPS) is 15.9. The lowest BCUT2D eigenvalue weighted by Gasteiger charge is -2.17. The molecule has 4 nitrogen and oxygen atoms in total. The van der Waals surface area contributed by atoms with Crippen LogP contribution in [0.3, 0.4) is 0 Å². The zero-order chi connectivity index (χ0) is 8.91. The van der Waals surface area contributed by atoms with E-state index in [0.29, 0.717) is 0 Å². The maximum Gasteiger partial charge on any atom is 0.363 e. The van der Waals surface area contributed by atoms with Crippen LogP contribution in [0.4, 0.5) is 0 Å². The van der Waals surface area contributed by atoms with Gasteiger partial charge >= 0.3 is 5.97 Å². The SMILES string of the molecule is CCCCOC(C)(O)C(=O)O. The Morgan fingerprint density at radius 3 is 2.55 bits per heavy atom. The minimum absolute atomic E-state index is 0.274. The van der Waals surface area contributed by atoms with Gasteiger partial charge in [-0.15, -0.1) is 0 Å². The van der Waals surface area contributed by atoms with Crippen molar-refractivity contribution in [2.24, 2.45) is 0 Å². The van der Waals surface area contributed by atoms with Crippen molar-refractivity contribution >= 4 is 5.97 Å². The number of unbranched alkanes of at least 4 members (excludes halogenated alkanes) is 1. The van der Waals surface area contributed by atoms with E-state index in [9.17, 15) is 4.79 Å². The quantitative estimate of drug-likeness (QED) is 0.458. The summed E-state index contributed by atoms with van der Waals surface area (Å²) in [5, 5.41) is 17.4. The first-order valence-corrected chi connectivity index (χ1v) is 3.60. The average molecular weight is 162 g/mol. The van der Waals surface area contributed by atoms with Crippen molar-refractivity contribution in [3.8, 4) is 0 Å². The summed E-state index contributed by atoms with van der Waals surface area (Å²) in [4.78, 5) is 10.2. The summed E-state index contributed by atoms with van der Waals surface area (Å²) < 4.78 is 4.69. The number of carboxylic acids is 1. The lowest BCUT2D eigenvalue weighted by Crippen LogP contribution is -2.38. The predicted octanol–water partition coefficient (Wildman–Crippen LogP) is 0.596. The van der Waals surface area contributed by atoms with E-state index < -0.39 is 11.8 Å². The standard InChI is InChI=1S/C7H14O4/c1-3-4-5-11-7(2,10)6(8)9/h10H,3-5H2,1-2H3,(H,8,9). The number of hydrogen-bond donors (Lipinski definition) is 2. The molecular formula is C7H14O4. The van der Waals surface area contributed by atoms with Gasteiger partial charge < -0.3 is 14.9 Å². The van der Waals surface area contributed by atoms with E-state index in [1.54, 1.807) is 0 Å². The molecule has 0 saturated carbocycles. The van der Waals surface area contributed by atoms with Crippen molar-refractivity contribution in [2.45, 2.75) is 32.5 Å². The molecule has 0 radical (unpaired) electrons. The van der Waals surface area contributed by atoms with Crippen LogP contribution in [-0.4, -0.2) is 28.6 Å². The second-order valence-electron chi connectivity index (χ2n) is 2.49. The van der Waals surface area contributed by atoms with Gasteiger partial charge in [0.15, 0.2) is 0 Å². The highest BCUT2D eigenvalue weighted by atomic mass is 16.6. The minimum atomic E-state index is -2.03. The number of aliphatic hydroxyl groups is 1. The number of carboxylic acid groups (broad SMARTS) is 1. The van der Waals surface area contributed by atoms with Gasteiger partial charge in [0.25, 0.3) is 5.79 Å². The highest BCUT2D eigenvalue weighted by Gasteiger charge is 2.30. The van der Waals surface area contributed by atoms with Crippen molar-refractivity contribution in [3.63, 3.8) is 0 Å². The van der Waals surface area contributed by atoms with Crippen LogP contribution in [0.2, 0.25) is 0 Å². The second kappa shape index (κ2) is 4.31. The van der Waals surface area contributed by atoms with E-state index in [2.05, 4.69) is 4.74 Å². The summed E-state index contributed by atoms with van der Waals surface area (Å²) in [5.74, 6) is -3.39. The molecule has 0 fully saturated rings. The van der Waals surface area contributed by atoms with Gasteiger partial charge in [-0.3, -0.25) is 0 Å². The third-order valence-electron chi connectivity index (χ3n) is 1.28. The number of aliphatic carboxylic acids is 1. The molecule has 0 rings (SSSR count). The fraction of sp³-hybridized carbons (Fsp3) is 0.857. The maximum absolute atomic E-state index is 10.2. The number of carbonyl (C=O) groups is 1. The van der Waals surface area contributed by atoms with E-state index >= 15 is 0 Å². The average Bonchev–Trinajstić information content (AvgIpc) is 1.88. The van der Waals surface area contributed by atoms with Gasteiger partial charge in [-0.05, 0) is 6.42 Å². The second-order valence-corrected chi connectivity index (χ2v) is 2.49. The van der Waals surface area contributed by atoms with Crippen LogP contribution < -0.4 is 0 Å². The van der Waals surface area contributed by atoms with E-state index in [1.807, 2.05) is 6.92 Å². The van der Waals surface area contributed by atoms with Crippen LogP contribution in [0, 0.1) is 0 Å². The summed E-state index contributed by atoms with van der Waals surface area (Å²) in [5.41, 5.74) is 0. The number of hydrogen-bond acceptors (Lipinski definition) is 3. The van der Waals surface area contributed by atoms with Crippen LogP contribution in [0.25, 0.3) is 0 Å². The van der Waals surface area contributed by atoms with Crippen molar-refractivity contribution < 1.29 is 19.7 Å². The Morgan fingerprint density at radius 2 is 2.18 bits per heavy atom. The molecule has 66 valence electrons. The molecule has 0 aliphatic carbocycles. The van der Waals surface area contributed by atoms with E-state index in [1.165, 1.54) is 0 Å². The number of rotatable bonds is 5. The molecule has 0 aromatic rings. The molecule has 1 unspecified atom stereocenters. The lowest BCUT2D eigenvalue weighted by molar-refractivity contribution is -0.216. The monoisotopic (exact) mass is 162 g/mol. The molecular weight excluding hydrogens is 148 g/mol. The van der Waals surface area contributed by atoms with Gasteiger partial charge in [-0.2, -0.15) is 0 Å². The number of ether oxygens (including phenoxy) is 1. The predicted molar refractivity (Wildman–Crippen MR) is 39.1 cm³/mol. The first kappa shape index (κ1) is 10.4. The molecule has 0 aliphatic heterocycles. The van der Waals surface area contributed by atoms with Crippen molar-refractivity contribution in [3.05, 3.63) is 0 Å². The van der Waals surface area contributed by atoms with Crippen molar-refractivity contribution in [1.82, 2.24) is 0 Å². The zero-order valence-corrected chi connectivity index (χ0v) is 6.83. The zero-order valence-electron chi connectivity index (χ0n) is 6.83. The lowest BCUT2D eigenvalue weighted by atomic mass is 10.3. The molecule has 0 saturated heterocycles. The van der Waals surface area contributed by atoms with Crippen LogP contribution in [-0.2, 0) is 9.53 Å². The van der Waals surface area contributed by atoms with Gasteiger partial charge in [0, 0.05) is 6.92 Å². The van der Waals surface area contributed by atoms with E-state index in [0.717, 1.165) is 19.8 Å². The molecule has 0 aromatic carbocycles. The fourth-order valence-corrected chi connectivity index (χ4v) is 0.477. The van der Waals surface area contributed by atoms with Gasteiger partial charge in [-0.25, -0.2) is 4.79 Å². The molecule has 0 amide bonds. The Hall–Kier alpha value is -0.610. The fourth-order valence-electron chi connectivity index (χ4n) is 0.477. The van der Waals surface area contributed by atoms with Crippen molar-refractivity contribution in [2.75, 3.05) is 6.61 Å². The minimum Gasteiger partial charge on any atom is -0.477 e. The topological polar surface area (TPSA) is 66.8 Å². The third-order valence-corrected chi connectivity index (χ3v) is 1.28. The van der Waals surface area contributed by atoms with E-state index in [4.69, 9.17) is 10.2 Å². The molecule has 0 aliphatic rings. The molecule has 1 atom stereocenters. The summed E-state index contributed by atoms with van der Waals surface area (Å²) in [7, 11) is 0. The van der Waals surface area contributed by atoms with Crippen LogP contribution in [0.1, 0.15) is 26.7 Å². The molecule has 0 bridgehead atoms. The highest BCUT2D eigenvalue weighted by molar-refractivity contribution is 5.74. The first-order valence-electron chi connectivity index (χ1n) is 3.60. The highest BCUT2D eigenvalue weighted by Crippen LogP contribution is 2.06. The Kier molecular flexibility index (Phi) is 4.07. The van der Waals surface area contributed by atoms with Gasteiger partial charge in [-0.1, -0.05) is 13.3 Å².